The molecule has 0 fully saturated rings. The number of rotatable bonds is 6. The van der Waals surface area contributed by atoms with Gasteiger partial charge in [-0.15, -0.1) is 0 Å². The summed E-state index contributed by atoms with van der Waals surface area (Å²) in [4.78, 5) is 26.0. The van der Waals surface area contributed by atoms with Crippen molar-refractivity contribution in [3.63, 3.8) is 0 Å². The molecule has 0 radical (unpaired) electrons. The Hall–Kier alpha value is -2.24. The van der Waals surface area contributed by atoms with Gasteiger partial charge in [-0.05, 0) is 25.5 Å². The van der Waals surface area contributed by atoms with Crippen molar-refractivity contribution in [3.05, 3.63) is 18.2 Å². The molecular weight excluding hydrogens is 296 g/mol. The first-order valence-corrected chi connectivity index (χ1v) is 8.03. The highest BCUT2D eigenvalue weighted by Gasteiger charge is 2.20. The van der Waals surface area contributed by atoms with Gasteiger partial charge in [-0.1, -0.05) is 13.8 Å². The maximum atomic E-state index is 12.2. The lowest BCUT2D eigenvalue weighted by molar-refractivity contribution is -0.137. The third-order valence-corrected chi connectivity index (χ3v) is 3.89. The highest BCUT2D eigenvalue weighted by Crippen LogP contribution is 2.32. The second-order valence-electron chi connectivity index (χ2n) is 5.57. The van der Waals surface area contributed by atoms with E-state index in [1.807, 2.05) is 20.8 Å². The fourth-order valence-corrected chi connectivity index (χ4v) is 2.33. The summed E-state index contributed by atoms with van der Waals surface area (Å²) in [6.45, 7) is 7.30. The molecule has 1 aliphatic heterocycles. The average Bonchev–Trinajstić information content (AvgIpc) is 2.58. The van der Waals surface area contributed by atoms with E-state index in [2.05, 4.69) is 5.32 Å². The number of hydrogen-bond acceptors (Lipinski definition) is 4. The van der Waals surface area contributed by atoms with Crippen LogP contribution < -0.4 is 14.8 Å². The third kappa shape index (κ3) is 4.37. The zero-order valence-corrected chi connectivity index (χ0v) is 13.9. The lowest BCUT2D eigenvalue weighted by Crippen LogP contribution is -2.40. The molecule has 0 aromatic heterocycles. The molecule has 0 spiro atoms. The molecule has 6 nitrogen and oxygen atoms in total. The number of nitrogens with one attached hydrogen (secondary N) is 1. The first-order chi connectivity index (χ1) is 11.0. The first kappa shape index (κ1) is 17.1. The summed E-state index contributed by atoms with van der Waals surface area (Å²) in [7, 11) is 0. The molecule has 2 amide bonds. The summed E-state index contributed by atoms with van der Waals surface area (Å²) in [6.07, 6.45) is 0.763. The fourth-order valence-electron chi connectivity index (χ4n) is 2.33. The number of amides is 2. The summed E-state index contributed by atoms with van der Waals surface area (Å²) in [5, 5.41) is 2.80. The number of fused-ring (bicyclic) bond motifs is 1. The Morgan fingerprint density at radius 1 is 1.22 bits per heavy atom. The summed E-state index contributed by atoms with van der Waals surface area (Å²) >= 11 is 0. The van der Waals surface area contributed by atoms with Crippen molar-refractivity contribution in [2.75, 3.05) is 31.6 Å². The molecule has 126 valence electrons. The summed E-state index contributed by atoms with van der Waals surface area (Å²) in [5.41, 5.74) is 0.631. The number of carbonyl (C=O) groups excluding carboxylic acids is 2. The summed E-state index contributed by atoms with van der Waals surface area (Å²) in [5.74, 6) is 1.01. The van der Waals surface area contributed by atoms with E-state index in [-0.39, 0.29) is 24.3 Å². The molecule has 1 N–H and O–H groups in total. The Balaban J connectivity index is 1.97. The van der Waals surface area contributed by atoms with E-state index in [9.17, 15) is 9.59 Å². The zero-order valence-electron chi connectivity index (χ0n) is 13.9. The minimum absolute atomic E-state index is 0.00678. The molecule has 1 unspecified atom stereocenters. The van der Waals surface area contributed by atoms with Crippen LogP contribution >= 0.6 is 0 Å². The average molecular weight is 320 g/mol. The van der Waals surface area contributed by atoms with Crippen LogP contribution in [0, 0.1) is 5.92 Å². The Labute approximate surface area is 136 Å². The van der Waals surface area contributed by atoms with E-state index in [1.54, 1.807) is 23.1 Å². The molecule has 1 aromatic rings. The van der Waals surface area contributed by atoms with Gasteiger partial charge in [-0.3, -0.25) is 9.59 Å². The molecule has 1 atom stereocenters. The Morgan fingerprint density at radius 3 is 2.57 bits per heavy atom. The highest BCUT2D eigenvalue weighted by molar-refractivity contribution is 5.95. The van der Waals surface area contributed by atoms with Crippen LogP contribution in [0.25, 0.3) is 0 Å². The summed E-state index contributed by atoms with van der Waals surface area (Å²) < 4.78 is 10.9. The predicted octanol–water partition coefficient (Wildman–Crippen LogP) is 2.29. The number of carbonyl (C=O) groups is 2. The summed E-state index contributed by atoms with van der Waals surface area (Å²) in [6, 6.07) is 5.27. The molecule has 0 bridgehead atoms. The maximum Gasteiger partial charge on any atom is 0.243 e. The quantitative estimate of drug-likeness (QED) is 0.873. The first-order valence-electron chi connectivity index (χ1n) is 8.03. The second-order valence-corrected chi connectivity index (χ2v) is 5.57. The van der Waals surface area contributed by atoms with Gasteiger partial charge in [0, 0.05) is 24.2 Å². The third-order valence-electron chi connectivity index (χ3n) is 3.89. The van der Waals surface area contributed by atoms with Gasteiger partial charge in [0.05, 0.1) is 6.54 Å². The smallest absolute Gasteiger partial charge is 0.243 e. The van der Waals surface area contributed by atoms with Crippen LogP contribution in [-0.2, 0) is 9.59 Å². The number of benzene rings is 1. The van der Waals surface area contributed by atoms with Gasteiger partial charge in [-0.2, -0.15) is 0 Å². The van der Waals surface area contributed by atoms with Gasteiger partial charge in [0.25, 0.3) is 0 Å². The second kappa shape index (κ2) is 7.85. The van der Waals surface area contributed by atoms with Crippen molar-refractivity contribution in [2.45, 2.75) is 27.2 Å². The van der Waals surface area contributed by atoms with Gasteiger partial charge in [-0.25, -0.2) is 0 Å². The molecule has 0 saturated heterocycles. The molecule has 1 aliphatic rings. The molecule has 0 aliphatic carbocycles. The molecule has 1 heterocycles. The van der Waals surface area contributed by atoms with Crippen molar-refractivity contribution < 1.29 is 19.1 Å². The standard InChI is InChI=1S/C17H24N2O4/c1-4-12(3)17(21)19(5-2)11-16(20)18-13-6-7-14-15(10-13)23-9-8-22-14/h6-7,10,12H,4-5,8-9,11H2,1-3H3,(H,18,20). The van der Waals surface area contributed by atoms with Gasteiger partial charge < -0.3 is 19.7 Å². The van der Waals surface area contributed by atoms with Crippen molar-refractivity contribution in [1.29, 1.82) is 0 Å². The molecular formula is C17H24N2O4. The van der Waals surface area contributed by atoms with E-state index in [0.717, 1.165) is 6.42 Å². The topological polar surface area (TPSA) is 67.9 Å². The monoisotopic (exact) mass is 320 g/mol. The van der Waals surface area contributed by atoms with Crippen molar-refractivity contribution in [3.8, 4) is 11.5 Å². The van der Waals surface area contributed by atoms with Crippen LogP contribution in [0.1, 0.15) is 27.2 Å². The van der Waals surface area contributed by atoms with Crippen molar-refractivity contribution in [2.24, 2.45) is 5.92 Å². The fraction of sp³-hybridized carbons (Fsp3) is 0.529. The number of nitrogens with zero attached hydrogens (tertiary/aromatic N) is 1. The van der Waals surface area contributed by atoms with Crippen LogP contribution in [0.3, 0.4) is 0 Å². The lowest BCUT2D eigenvalue weighted by Gasteiger charge is -2.23. The highest BCUT2D eigenvalue weighted by atomic mass is 16.6. The number of anilines is 1. The van der Waals surface area contributed by atoms with Crippen molar-refractivity contribution >= 4 is 17.5 Å². The number of likely N-dealkylation sites (N-methyl/N-ethyl adjacent to an activating group) is 1. The Bertz CT molecular complexity index is 574. The van der Waals surface area contributed by atoms with Gasteiger partial charge in [0.15, 0.2) is 11.5 Å². The van der Waals surface area contributed by atoms with Crippen molar-refractivity contribution in [1.82, 2.24) is 4.90 Å². The predicted molar refractivity (Wildman–Crippen MR) is 87.8 cm³/mol. The minimum Gasteiger partial charge on any atom is -0.486 e. The van der Waals surface area contributed by atoms with Crippen LogP contribution in [0.5, 0.6) is 11.5 Å². The van der Waals surface area contributed by atoms with Crippen LogP contribution in [0.15, 0.2) is 18.2 Å². The Kier molecular flexibility index (Phi) is 5.84. The van der Waals surface area contributed by atoms with Gasteiger partial charge in [0.2, 0.25) is 11.8 Å². The number of ether oxygens (including phenoxy) is 2. The van der Waals surface area contributed by atoms with Gasteiger partial charge >= 0.3 is 0 Å². The van der Waals surface area contributed by atoms with E-state index < -0.39 is 0 Å². The van der Waals surface area contributed by atoms with E-state index in [0.29, 0.717) is 36.9 Å². The van der Waals surface area contributed by atoms with Crippen LogP contribution in [-0.4, -0.2) is 43.0 Å². The van der Waals surface area contributed by atoms with E-state index >= 15 is 0 Å². The molecule has 23 heavy (non-hydrogen) atoms. The number of hydrogen-bond donors (Lipinski definition) is 1. The zero-order chi connectivity index (χ0) is 16.8. The normalized spacial score (nSPS) is 14.0. The molecule has 6 heteroatoms. The molecule has 1 aromatic carbocycles. The van der Waals surface area contributed by atoms with Crippen LogP contribution in [0.4, 0.5) is 5.69 Å². The minimum atomic E-state index is -0.222. The van der Waals surface area contributed by atoms with Crippen LogP contribution in [0.2, 0.25) is 0 Å². The largest absolute Gasteiger partial charge is 0.486 e. The van der Waals surface area contributed by atoms with E-state index in [1.165, 1.54) is 0 Å². The Morgan fingerprint density at radius 2 is 1.91 bits per heavy atom. The molecule has 0 saturated carbocycles. The maximum absolute atomic E-state index is 12.2. The SMILES string of the molecule is CCC(C)C(=O)N(CC)CC(=O)Nc1ccc2c(c1)OCCO2. The lowest BCUT2D eigenvalue weighted by atomic mass is 10.1. The van der Waals surface area contributed by atoms with Gasteiger partial charge in [0.1, 0.15) is 13.2 Å². The van der Waals surface area contributed by atoms with E-state index in [4.69, 9.17) is 9.47 Å². The molecule has 2 rings (SSSR count).